The third-order valence-electron chi connectivity index (χ3n) is 2.48. The van der Waals surface area contributed by atoms with Gasteiger partial charge >= 0.3 is 5.97 Å². The molecule has 5 heteroatoms. The Balaban J connectivity index is 1.91. The second-order valence-electron chi connectivity index (χ2n) is 3.77. The number of hydrogen-bond donors (Lipinski definition) is 1. The fourth-order valence-corrected chi connectivity index (χ4v) is 2.74. The lowest BCUT2D eigenvalue weighted by Gasteiger charge is -2.11. The molecule has 1 aliphatic rings. The minimum absolute atomic E-state index is 0.0949. The molecule has 0 amide bonds. The Morgan fingerprint density at radius 1 is 1.53 bits per heavy atom. The minimum atomic E-state index is -0.786. The summed E-state index contributed by atoms with van der Waals surface area (Å²) in [6.45, 7) is 3.17. The Morgan fingerprint density at radius 2 is 2.27 bits per heavy atom. The molecule has 0 aliphatic carbocycles. The largest absolute Gasteiger partial charge is 0.481 e. The van der Waals surface area contributed by atoms with E-state index in [0.717, 1.165) is 29.5 Å². The van der Waals surface area contributed by atoms with Crippen molar-refractivity contribution in [2.45, 2.75) is 25.8 Å². The van der Waals surface area contributed by atoms with Crippen LogP contribution in [0.4, 0.5) is 0 Å². The van der Waals surface area contributed by atoms with Gasteiger partial charge < -0.3 is 5.11 Å². The molecule has 0 atom stereocenters. The first-order chi connectivity index (χ1) is 7.24. The Kier molecular flexibility index (Phi) is 3.33. The summed E-state index contributed by atoms with van der Waals surface area (Å²) in [5, 5.41) is 9.66. The average Bonchev–Trinajstić information content (AvgIpc) is 2.77. The highest BCUT2D eigenvalue weighted by Gasteiger charge is 2.14. The molecule has 1 aromatic heterocycles. The van der Waals surface area contributed by atoms with E-state index < -0.39 is 5.97 Å². The van der Waals surface area contributed by atoms with Crippen LogP contribution in [0.25, 0.3) is 0 Å². The van der Waals surface area contributed by atoms with Crippen LogP contribution in [0.3, 0.4) is 0 Å². The molecule has 1 aliphatic heterocycles. The van der Waals surface area contributed by atoms with Crippen molar-refractivity contribution in [2.75, 3.05) is 13.1 Å². The smallest absolute Gasteiger partial charge is 0.308 e. The van der Waals surface area contributed by atoms with Crippen molar-refractivity contribution in [3.63, 3.8) is 0 Å². The van der Waals surface area contributed by atoms with E-state index in [9.17, 15) is 4.79 Å². The molecule has 2 rings (SSSR count). The summed E-state index contributed by atoms with van der Waals surface area (Å²) in [7, 11) is 0. The topological polar surface area (TPSA) is 53.4 Å². The number of hydrogen-bond acceptors (Lipinski definition) is 4. The first-order valence-corrected chi connectivity index (χ1v) is 5.93. The maximum atomic E-state index is 10.5. The zero-order valence-electron chi connectivity index (χ0n) is 8.48. The van der Waals surface area contributed by atoms with E-state index in [1.165, 1.54) is 24.2 Å². The molecule has 82 valence electrons. The van der Waals surface area contributed by atoms with Gasteiger partial charge in [-0.3, -0.25) is 9.69 Å². The molecule has 15 heavy (non-hydrogen) atoms. The molecule has 0 saturated carbocycles. The predicted octanol–water partition coefficient (Wildman–Crippen LogP) is 1.37. The number of rotatable bonds is 4. The monoisotopic (exact) mass is 226 g/mol. The van der Waals surface area contributed by atoms with Crippen LogP contribution < -0.4 is 0 Å². The van der Waals surface area contributed by atoms with Crippen LogP contribution >= 0.6 is 11.3 Å². The van der Waals surface area contributed by atoms with Crippen LogP contribution in [0.1, 0.15) is 22.7 Å². The minimum Gasteiger partial charge on any atom is -0.481 e. The number of likely N-dealkylation sites (tertiary alicyclic amines) is 1. The normalized spacial score (nSPS) is 17.1. The summed E-state index contributed by atoms with van der Waals surface area (Å²) < 4.78 is 0. The fourth-order valence-electron chi connectivity index (χ4n) is 1.78. The Morgan fingerprint density at radius 3 is 2.93 bits per heavy atom. The van der Waals surface area contributed by atoms with E-state index in [0.29, 0.717) is 0 Å². The average molecular weight is 226 g/mol. The number of carboxylic acid groups (broad SMARTS) is 1. The molecule has 4 nitrogen and oxygen atoms in total. The van der Waals surface area contributed by atoms with Gasteiger partial charge in [-0.2, -0.15) is 0 Å². The summed E-state index contributed by atoms with van der Waals surface area (Å²) in [6, 6.07) is 0. The molecule has 0 bridgehead atoms. The summed E-state index contributed by atoms with van der Waals surface area (Å²) in [5.74, 6) is -0.786. The molecule has 0 aromatic carbocycles. The molecule has 1 aromatic rings. The Labute approximate surface area is 92.6 Å². The van der Waals surface area contributed by atoms with Gasteiger partial charge in [0.15, 0.2) is 0 Å². The molecular formula is C10H14N2O2S. The lowest BCUT2D eigenvalue weighted by molar-refractivity contribution is -0.136. The van der Waals surface area contributed by atoms with Crippen LogP contribution in [-0.4, -0.2) is 34.0 Å². The molecule has 1 N–H and O–H groups in total. The van der Waals surface area contributed by atoms with Crippen molar-refractivity contribution in [2.24, 2.45) is 0 Å². The van der Waals surface area contributed by atoms with E-state index in [2.05, 4.69) is 9.88 Å². The van der Waals surface area contributed by atoms with Crippen LogP contribution in [0.5, 0.6) is 0 Å². The van der Waals surface area contributed by atoms with Crippen molar-refractivity contribution in [1.82, 2.24) is 9.88 Å². The van der Waals surface area contributed by atoms with Crippen molar-refractivity contribution in [3.8, 4) is 0 Å². The van der Waals surface area contributed by atoms with Crippen molar-refractivity contribution < 1.29 is 9.90 Å². The van der Waals surface area contributed by atoms with Gasteiger partial charge in [0.1, 0.15) is 5.01 Å². The summed E-state index contributed by atoms with van der Waals surface area (Å²) in [4.78, 5) is 17.9. The number of aliphatic carboxylic acids is 1. The molecule has 1 fully saturated rings. The van der Waals surface area contributed by atoms with Crippen LogP contribution in [-0.2, 0) is 17.8 Å². The SMILES string of the molecule is O=C(O)Cc1cnc(CN2CCCC2)s1. The zero-order chi connectivity index (χ0) is 10.7. The Bertz CT molecular complexity index is 345. The highest BCUT2D eigenvalue weighted by Crippen LogP contribution is 2.18. The first kappa shape index (κ1) is 10.6. The van der Waals surface area contributed by atoms with Gasteiger partial charge in [0.2, 0.25) is 0 Å². The number of aromatic nitrogens is 1. The molecule has 0 unspecified atom stereocenters. The highest BCUT2D eigenvalue weighted by molar-refractivity contribution is 7.11. The zero-order valence-corrected chi connectivity index (χ0v) is 9.29. The lowest BCUT2D eigenvalue weighted by Crippen LogP contribution is -2.17. The third kappa shape index (κ3) is 3.00. The molecule has 2 heterocycles. The highest BCUT2D eigenvalue weighted by atomic mass is 32.1. The lowest BCUT2D eigenvalue weighted by atomic mass is 10.4. The summed E-state index contributed by atoms with van der Waals surface area (Å²) >= 11 is 1.51. The number of thiazole rings is 1. The van der Waals surface area contributed by atoms with E-state index >= 15 is 0 Å². The standard InChI is InChI=1S/C10H14N2O2S/c13-10(14)5-8-6-11-9(15-8)7-12-3-1-2-4-12/h6H,1-5,7H2,(H,13,14). The van der Waals surface area contributed by atoms with Gasteiger partial charge in [0.05, 0.1) is 13.0 Å². The van der Waals surface area contributed by atoms with Crippen molar-refractivity contribution in [1.29, 1.82) is 0 Å². The quantitative estimate of drug-likeness (QED) is 0.842. The third-order valence-corrected chi connectivity index (χ3v) is 3.47. The number of carboxylic acids is 1. The van der Waals surface area contributed by atoms with E-state index in [-0.39, 0.29) is 6.42 Å². The van der Waals surface area contributed by atoms with Gasteiger partial charge in [-0.05, 0) is 25.9 Å². The number of nitrogens with zero attached hydrogens (tertiary/aromatic N) is 2. The van der Waals surface area contributed by atoms with Crippen LogP contribution in [0.2, 0.25) is 0 Å². The number of carbonyl (C=O) groups is 1. The molecule has 1 saturated heterocycles. The van der Waals surface area contributed by atoms with Crippen molar-refractivity contribution >= 4 is 17.3 Å². The first-order valence-electron chi connectivity index (χ1n) is 5.12. The summed E-state index contributed by atoms with van der Waals surface area (Å²) in [6.07, 6.45) is 4.32. The fraction of sp³-hybridized carbons (Fsp3) is 0.600. The molecular weight excluding hydrogens is 212 g/mol. The molecule has 0 radical (unpaired) electrons. The van der Waals surface area contributed by atoms with Gasteiger partial charge in [0.25, 0.3) is 0 Å². The maximum Gasteiger partial charge on any atom is 0.308 e. The van der Waals surface area contributed by atoms with Crippen LogP contribution in [0, 0.1) is 0 Å². The van der Waals surface area contributed by atoms with Gasteiger partial charge in [-0.1, -0.05) is 0 Å². The van der Waals surface area contributed by atoms with Gasteiger partial charge in [-0.15, -0.1) is 11.3 Å². The van der Waals surface area contributed by atoms with E-state index in [1.807, 2.05) is 0 Å². The maximum absolute atomic E-state index is 10.5. The second kappa shape index (κ2) is 4.72. The van der Waals surface area contributed by atoms with Gasteiger partial charge in [-0.25, -0.2) is 4.98 Å². The van der Waals surface area contributed by atoms with E-state index in [1.54, 1.807) is 6.20 Å². The predicted molar refractivity (Wildman–Crippen MR) is 58.0 cm³/mol. The van der Waals surface area contributed by atoms with Crippen molar-refractivity contribution in [3.05, 3.63) is 16.1 Å². The Hall–Kier alpha value is -0.940. The van der Waals surface area contributed by atoms with E-state index in [4.69, 9.17) is 5.11 Å². The van der Waals surface area contributed by atoms with Gasteiger partial charge in [0, 0.05) is 11.1 Å². The van der Waals surface area contributed by atoms with Crippen LogP contribution in [0.15, 0.2) is 6.20 Å². The second-order valence-corrected chi connectivity index (χ2v) is 4.97. The molecule has 0 spiro atoms. The summed E-state index contributed by atoms with van der Waals surface area (Å²) in [5.41, 5.74) is 0.